The number of aromatic nitrogens is 4. The second-order valence-electron chi connectivity index (χ2n) is 8.66. The lowest BCUT2D eigenvalue weighted by molar-refractivity contribution is 0.0688. The highest BCUT2D eigenvalue weighted by Gasteiger charge is 2.20. The van der Waals surface area contributed by atoms with Crippen LogP contribution in [-0.4, -0.2) is 24.6 Å². The lowest BCUT2D eigenvalue weighted by atomic mass is 10.1. The molecule has 7 nitrogen and oxygen atoms in total. The van der Waals surface area contributed by atoms with Crippen molar-refractivity contribution < 1.29 is 18.6 Å². The van der Waals surface area contributed by atoms with Gasteiger partial charge in [0.25, 0.3) is 5.56 Å². The van der Waals surface area contributed by atoms with Gasteiger partial charge in [0.05, 0.1) is 22.6 Å². The van der Waals surface area contributed by atoms with Crippen LogP contribution in [0.4, 0.5) is 8.78 Å². The summed E-state index contributed by atoms with van der Waals surface area (Å²) in [5.41, 5.74) is 1.16. The number of pyridine rings is 2. The summed E-state index contributed by atoms with van der Waals surface area (Å²) in [6, 6.07) is 10.0. The molecule has 3 heterocycles. The summed E-state index contributed by atoms with van der Waals surface area (Å²) in [6.07, 6.45) is 3.11. The van der Waals surface area contributed by atoms with Gasteiger partial charge in [-0.1, -0.05) is 0 Å². The van der Waals surface area contributed by atoms with Crippen LogP contribution in [0.1, 0.15) is 36.5 Å². The van der Waals surface area contributed by atoms with Crippen molar-refractivity contribution in [2.75, 3.05) is 0 Å². The third-order valence-electron chi connectivity index (χ3n) is 5.45. The van der Waals surface area contributed by atoms with Gasteiger partial charge in [-0.2, -0.15) is 0 Å². The molecule has 3 aromatic heterocycles. The zero-order valence-corrected chi connectivity index (χ0v) is 19.7. The Kier molecular flexibility index (Phi) is 6.45. The minimum atomic E-state index is -1.22. The molecule has 35 heavy (non-hydrogen) atoms. The molecule has 9 heteroatoms. The highest BCUT2D eigenvalue weighted by Crippen LogP contribution is 2.24. The molecule has 0 atom stereocenters. The topological polar surface area (TPSA) is 90.1 Å². The zero-order valence-electron chi connectivity index (χ0n) is 19.7. The number of benzene rings is 1. The van der Waals surface area contributed by atoms with Gasteiger partial charge in [0.1, 0.15) is 29.6 Å². The Morgan fingerprint density at radius 1 is 1.00 bits per heavy atom. The number of aliphatic hydroxyl groups is 1. The summed E-state index contributed by atoms with van der Waals surface area (Å²) in [5.74, 6) is -0.816. The average molecular weight is 478 g/mol. The number of rotatable bonds is 6. The number of halogens is 2. The van der Waals surface area contributed by atoms with Crippen molar-refractivity contribution in [3.8, 4) is 22.8 Å². The molecule has 0 radical (unpaired) electrons. The summed E-state index contributed by atoms with van der Waals surface area (Å²) in [4.78, 5) is 26.1. The Morgan fingerprint density at radius 3 is 2.46 bits per heavy atom. The highest BCUT2D eigenvalue weighted by molar-refractivity contribution is 5.57. The van der Waals surface area contributed by atoms with E-state index in [1.807, 2.05) is 0 Å². The molecule has 0 amide bonds. The monoisotopic (exact) mass is 478 g/mol. The van der Waals surface area contributed by atoms with Gasteiger partial charge in [-0.25, -0.2) is 18.7 Å². The summed E-state index contributed by atoms with van der Waals surface area (Å²) in [5, 5.41) is 10.2. The van der Waals surface area contributed by atoms with Gasteiger partial charge >= 0.3 is 0 Å². The van der Waals surface area contributed by atoms with Crippen LogP contribution in [0, 0.1) is 25.5 Å². The summed E-state index contributed by atoms with van der Waals surface area (Å²) in [7, 11) is 0. The van der Waals surface area contributed by atoms with E-state index in [0.717, 1.165) is 12.1 Å². The molecule has 1 aromatic carbocycles. The van der Waals surface area contributed by atoms with E-state index in [1.165, 1.54) is 10.6 Å². The van der Waals surface area contributed by atoms with Crippen molar-refractivity contribution in [2.24, 2.45) is 0 Å². The van der Waals surface area contributed by atoms with E-state index in [0.29, 0.717) is 34.1 Å². The number of nitrogens with zero attached hydrogens (tertiary/aromatic N) is 4. The van der Waals surface area contributed by atoms with E-state index in [4.69, 9.17) is 4.74 Å². The van der Waals surface area contributed by atoms with Crippen molar-refractivity contribution in [2.45, 2.75) is 39.9 Å². The fourth-order valence-corrected chi connectivity index (χ4v) is 3.56. The van der Waals surface area contributed by atoms with Crippen molar-refractivity contribution in [1.82, 2.24) is 19.5 Å². The van der Waals surface area contributed by atoms with E-state index < -0.39 is 17.2 Å². The lowest BCUT2D eigenvalue weighted by Gasteiger charge is -2.17. The molecular formula is C26H24F2N4O3. The van der Waals surface area contributed by atoms with Gasteiger partial charge in [0.15, 0.2) is 5.82 Å². The van der Waals surface area contributed by atoms with Crippen LogP contribution >= 0.6 is 0 Å². The molecule has 0 bridgehead atoms. The molecule has 4 aromatic rings. The smallest absolute Gasteiger partial charge is 0.261 e. The van der Waals surface area contributed by atoms with Gasteiger partial charge in [-0.3, -0.25) is 14.3 Å². The quantitative estimate of drug-likeness (QED) is 0.442. The van der Waals surface area contributed by atoms with Crippen molar-refractivity contribution >= 4 is 0 Å². The van der Waals surface area contributed by atoms with Crippen LogP contribution in [0.5, 0.6) is 5.75 Å². The molecule has 1 N–H and O–H groups in total. The first kappa shape index (κ1) is 24.2. The Labute approximate surface area is 200 Å². The predicted octanol–water partition coefficient (Wildman–Crippen LogP) is 4.39. The van der Waals surface area contributed by atoms with Gasteiger partial charge in [0, 0.05) is 35.8 Å². The summed E-state index contributed by atoms with van der Waals surface area (Å²) in [6.45, 7) is 6.41. The third-order valence-corrected chi connectivity index (χ3v) is 5.45. The lowest BCUT2D eigenvalue weighted by Crippen LogP contribution is -2.23. The molecule has 0 unspecified atom stereocenters. The van der Waals surface area contributed by atoms with Crippen LogP contribution in [0.25, 0.3) is 17.1 Å². The van der Waals surface area contributed by atoms with E-state index >= 15 is 0 Å². The molecule has 0 aliphatic carbocycles. The Hall–Kier alpha value is -3.98. The maximum Gasteiger partial charge on any atom is 0.261 e. The molecule has 0 saturated heterocycles. The second kappa shape index (κ2) is 9.34. The summed E-state index contributed by atoms with van der Waals surface area (Å²) < 4.78 is 34.3. The standard InChI is InChI=1S/C26H24F2N4O3/c1-15-11-23(35-14-17-5-6-18(27)12-20(17)28)16(2)24(33)32(15)19-7-9-29-22(13-19)21-8-10-30-25(31-21)26(3,4)34/h5-13,34H,14H2,1-4H3. The van der Waals surface area contributed by atoms with Crippen LogP contribution in [0.2, 0.25) is 0 Å². The number of hydrogen-bond acceptors (Lipinski definition) is 6. The van der Waals surface area contributed by atoms with Crippen molar-refractivity contribution in [3.05, 3.63) is 99.5 Å². The molecule has 0 aliphatic heterocycles. The first-order chi connectivity index (χ1) is 16.5. The molecule has 0 spiro atoms. The predicted molar refractivity (Wildman–Crippen MR) is 126 cm³/mol. The van der Waals surface area contributed by atoms with Crippen molar-refractivity contribution in [3.63, 3.8) is 0 Å². The molecule has 4 rings (SSSR count). The van der Waals surface area contributed by atoms with Gasteiger partial charge in [-0.05, 0) is 58.0 Å². The van der Waals surface area contributed by atoms with E-state index in [1.54, 1.807) is 64.4 Å². The second-order valence-corrected chi connectivity index (χ2v) is 8.66. The Morgan fingerprint density at radius 2 is 1.74 bits per heavy atom. The van der Waals surface area contributed by atoms with Crippen LogP contribution in [-0.2, 0) is 12.2 Å². The van der Waals surface area contributed by atoms with Crippen LogP contribution in [0.15, 0.2) is 59.7 Å². The Balaban J connectivity index is 1.67. The molecule has 0 saturated carbocycles. The van der Waals surface area contributed by atoms with E-state index in [9.17, 15) is 18.7 Å². The average Bonchev–Trinajstić information content (AvgIpc) is 2.81. The minimum absolute atomic E-state index is 0.146. The first-order valence-corrected chi connectivity index (χ1v) is 10.9. The largest absolute Gasteiger partial charge is 0.488 e. The van der Waals surface area contributed by atoms with Gasteiger partial charge < -0.3 is 9.84 Å². The molecular weight excluding hydrogens is 454 g/mol. The number of ether oxygens (including phenoxy) is 1. The highest BCUT2D eigenvalue weighted by atomic mass is 19.1. The fraction of sp³-hybridized carbons (Fsp3) is 0.231. The zero-order chi connectivity index (χ0) is 25.3. The minimum Gasteiger partial charge on any atom is -0.488 e. The third kappa shape index (κ3) is 5.09. The van der Waals surface area contributed by atoms with Crippen LogP contribution < -0.4 is 10.3 Å². The van der Waals surface area contributed by atoms with Crippen molar-refractivity contribution in [1.29, 1.82) is 0 Å². The normalized spacial score (nSPS) is 11.5. The molecule has 0 fully saturated rings. The Bertz CT molecular complexity index is 1460. The van der Waals surface area contributed by atoms with E-state index in [-0.39, 0.29) is 23.6 Å². The fourth-order valence-electron chi connectivity index (χ4n) is 3.56. The maximum atomic E-state index is 14.0. The molecule has 0 aliphatic rings. The van der Waals surface area contributed by atoms with E-state index in [2.05, 4.69) is 15.0 Å². The van der Waals surface area contributed by atoms with Gasteiger partial charge in [-0.15, -0.1) is 0 Å². The summed E-state index contributed by atoms with van der Waals surface area (Å²) >= 11 is 0. The van der Waals surface area contributed by atoms with Crippen LogP contribution in [0.3, 0.4) is 0 Å². The SMILES string of the molecule is Cc1c(OCc2ccc(F)cc2F)cc(C)n(-c2ccnc(-c3ccnc(C(C)(C)O)n3)c2)c1=O. The maximum absolute atomic E-state index is 14.0. The molecule has 180 valence electrons. The number of aryl methyl sites for hydroxylation is 1. The first-order valence-electron chi connectivity index (χ1n) is 10.9. The number of hydrogen-bond donors (Lipinski definition) is 1. The van der Waals surface area contributed by atoms with Gasteiger partial charge in [0.2, 0.25) is 0 Å².